The van der Waals surface area contributed by atoms with Gasteiger partial charge in [-0.2, -0.15) is 0 Å². The summed E-state index contributed by atoms with van der Waals surface area (Å²) >= 11 is 0. The van der Waals surface area contributed by atoms with E-state index in [1.165, 1.54) is 12.8 Å². The van der Waals surface area contributed by atoms with Gasteiger partial charge in [-0.15, -0.1) is 0 Å². The Morgan fingerprint density at radius 3 is 2.85 bits per heavy atom. The number of nitrogens with one attached hydrogen (secondary N) is 1. The Labute approximate surface area is 123 Å². The van der Waals surface area contributed by atoms with Crippen molar-refractivity contribution in [1.29, 1.82) is 0 Å². The van der Waals surface area contributed by atoms with E-state index in [1.54, 1.807) is 0 Å². The Bertz CT molecular complexity index is 304. The van der Waals surface area contributed by atoms with E-state index < -0.39 is 0 Å². The standard InChI is InChI=1S/C16H30N2O2/c1-3-7-16(8-4-9-17-13-16)15(19)18(2)10-11-20-12-14-5-6-14/h14,17H,3-13H2,1-2H3. The van der Waals surface area contributed by atoms with Crippen LogP contribution in [0.4, 0.5) is 0 Å². The highest BCUT2D eigenvalue weighted by atomic mass is 16.5. The smallest absolute Gasteiger partial charge is 0.229 e. The molecule has 1 atom stereocenters. The maximum atomic E-state index is 12.8. The summed E-state index contributed by atoms with van der Waals surface area (Å²) < 4.78 is 5.65. The molecule has 1 amide bonds. The lowest BCUT2D eigenvalue weighted by molar-refractivity contribution is -0.143. The van der Waals surface area contributed by atoms with Crippen molar-refractivity contribution in [2.45, 2.75) is 45.4 Å². The van der Waals surface area contributed by atoms with E-state index in [4.69, 9.17) is 4.74 Å². The monoisotopic (exact) mass is 282 g/mol. The topological polar surface area (TPSA) is 41.6 Å². The van der Waals surface area contributed by atoms with E-state index in [-0.39, 0.29) is 5.41 Å². The molecular weight excluding hydrogens is 252 g/mol. The zero-order chi connectivity index (χ0) is 14.4. The summed E-state index contributed by atoms with van der Waals surface area (Å²) in [6.07, 6.45) is 6.84. The summed E-state index contributed by atoms with van der Waals surface area (Å²) in [4.78, 5) is 14.7. The number of carbonyl (C=O) groups excluding carboxylic acids is 1. The second-order valence-electron chi connectivity index (χ2n) is 6.56. The van der Waals surface area contributed by atoms with Crippen LogP contribution in [0.3, 0.4) is 0 Å². The van der Waals surface area contributed by atoms with E-state index in [0.717, 1.165) is 57.8 Å². The Hall–Kier alpha value is -0.610. The van der Waals surface area contributed by atoms with Crippen LogP contribution in [0.25, 0.3) is 0 Å². The van der Waals surface area contributed by atoms with Crippen molar-refractivity contribution in [3.63, 3.8) is 0 Å². The minimum atomic E-state index is -0.168. The van der Waals surface area contributed by atoms with Crippen LogP contribution in [0.15, 0.2) is 0 Å². The van der Waals surface area contributed by atoms with Crippen molar-refractivity contribution in [3.8, 4) is 0 Å². The van der Waals surface area contributed by atoms with Gasteiger partial charge < -0.3 is 15.0 Å². The van der Waals surface area contributed by atoms with E-state index in [9.17, 15) is 4.79 Å². The van der Waals surface area contributed by atoms with Crippen LogP contribution in [0.2, 0.25) is 0 Å². The molecule has 1 saturated heterocycles. The van der Waals surface area contributed by atoms with Crippen molar-refractivity contribution < 1.29 is 9.53 Å². The normalized spacial score (nSPS) is 26.5. The fourth-order valence-electron chi connectivity index (χ4n) is 3.19. The zero-order valence-corrected chi connectivity index (χ0v) is 13.1. The molecule has 1 heterocycles. The number of nitrogens with zero attached hydrogens (tertiary/aromatic N) is 1. The molecule has 0 aromatic rings. The SMILES string of the molecule is CCCC1(C(=O)N(C)CCOCC2CC2)CCCNC1. The van der Waals surface area contributed by atoms with Crippen molar-refractivity contribution >= 4 is 5.91 Å². The van der Waals surface area contributed by atoms with Gasteiger partial charge in [0.2, 0.25) is 5.91 Å². The molecule has 1 aliphatic heterocycles. The molecular formula is C16H30N2O2. The summed E-state index contributed by atoms with van der Waals surface area (Å²) in [5.74, 6) is 1.10. The lowest BCUT2D eigenvalue weighted by Crippen LogP contribution is -2.51. The number of amides is 1. The van der Waals surface area contributed by atoms with Crippen LogP contribution in [0.5, 0.6) is 0 Å². The summed E-state index contributed by atoms with van der Waals surface area (Å²) in [5, 5.41) is 3.41. The van der Waals surface area contributed by atoms with E-state index in [0.29, 0.717) is 12.5 Å². The average Bonchev–Trinajstić information content (AvgIpc) is 3.28. The van der Waals surface area contributed by atoms with Crippen molar-refractivity contribution in [2.24, 2.45) is 11.3 Å². The van der Waals surface area contributed by atoms with E-state index in [2.05, 4.69) is 12.2 Å². The predicted octanol–water partition coefficient (Wildman–Crippen LogP) is 2.04. The summed E-state index contributed by atoms with van der Waals surface area (Å²) in [7, 11) is 1.93. The van der Waals surface area contributed by atoms with Crippen molar-refractivity contribution in [2.75, 3.05) is 39.9 Å². The van der Waals surface area contributed by atoms with Gasteiger partial charge in [0.25, 0.3) is 0 Å². The molecule has 1 saturated carbocycles. The number of hydrogen-bond donors (Lipinski definition) is 1. The van der Waals surface area contributed by atoms with Gasteiger partial charge in [0.05, 0.1) is 12.0 Å². The molecule has 1 unspecified atom stereocenters. The highest BCUT2D eigenvalue weighted by Crippen LogP contribution is 2.33. The molecule has 0 spiro atoms. The predicted molar refractivity (Wildman–Crippen MR) is 80.6 cm³/mol. The number of rotatable bonds is 8. The van der Waals surface area contributed by atoms with Crippen LogP contribution in [-0.2, 0) is 9.53 Å². The number of carbonyl (C=O) groups is 1. The zero-order valence-electron chi connectivity index (χ0n) is 13.1. The highest BCUT2D eigenvalue weighted by molar-refractivity contribution is 5.83. The van der Waals surface area contributed by atoms with Gasteiger partial charge in [0.1, 0.15) is 0 Å². The molecule has 2 rings (SSSR count). The summed E-state index contributed by atoms with van der Waals surface area (Å²) in [6.45, 7) is 6.33. The maximum absolute atomic E-state index is 12.8. The van der Waals surface area contributed by atoms with Crippen LogP contribution in [-0.4, -0.2) is 50.7 Å². The quantitative estimate of drug-likeness (QED) is 0.693. The third kappa shape index (κ3) is 4.19. The number of likely N-dealkylation sites (N-methyl/N-ethyl adjacent to an activating group) is 1. The molecule has 116 valence electrons. The fraction of sp³-hybridized carbons (Fsp3) is 0.938. The van der Waals surface area contributed by atoms with Gasteiger partial charge in [0, 0.05) is 26.7 Å². The largest absolute Gasteiger partial charge is 0.379 e. The second-order valence-corrected chi connectivity index (χ2v) is 6.56. The van der Waals surface area contributed by atoms with Crippen LogP contribution in [0.1, 0.15) is 45.4 Å². The number of ether oxygens (including phenoxy) is 1. The summed E-state index contributed by atoms with van der Waals surface area (Å²) in [5.41, 5.74) is -0.168. The van der Waals surface area contributed by atoms with Gasteiger partial charge in [-0.25, -0.2) is 0 Å². The Morgan fingerprint density at radius 2 is 2.25 bits per heavy atom. The van der Waals surface area contributed by atoms with Crippen LogP contribution in [0, 0.1) is 11.3 Å². The van der Waals surface area contributed by atoms with Crippen molar-refractivity contribution in [1.82, 2.24) is 10.2 Å². The molecule has 0 bridgehead atoms. The van der Waals surface area contributed by atoms with Crippen molar-refractivity contribution in [3.05, 3.63) is 0 Å². The van der Waals surface area contributed by atoms with Gasteiger partial charge >= 0.3 is 0 Å². The van der Waals surface area contributed by atoms with E-state index >= 15 is 0 Å². The second kappa shape index (κ2) is 7.41. The Morgan fingerprint density at radius 1 is 1.45 bits per heavy atom. The fourth-order valence-corrected chi connectivity index (χ4v) is 3.19. The van der Waals surface area contributed by atoms with Gasteiger partial charge in [-0.05, 0) is 44.6 Å². The molecule has 20 heavy (non-hydrogen) atoms. The molecule has 1 aliphatic carbocycles. The van der Waals surface area contributed by atoms with Gasteiger partial charge in [-0.1, -0.05) is 13.3 Å². The van der Waals surface area contributed by atoms with Crippen LogP contribution < -0.4 is 5.32 Å². The average molecular weight is 282 g/mol. The molecule has 1 N–H and O–H groups in total. The lowest BCUT2D eigenvalue weighted by Gasteiger charge is -2.39. The summed E-state index contributed by atoms with van der Waals surface area (Å²) in [6, 6.07) is 0. The van der Waals surface area contributed by atoms with Gasteiger partial charge in [0.15, 0.2) is 0 Å². The van der Waals surface area contributed by atoms with Crippen LogP contribution >= 0.6 is 0 Å². The minimum Gasteiger partial charge on any atom is -0.379 e. The molecule has 4 heteroatoms. The lowest BCUT2D eigenvalue weighted by atomic mass is 9.76. The molecule has 4 nitrogen and oxygen atoms in total. The first-order valence-electron chi connectivity index (χ1n) is 8.22. The maximum Gasteiger partial charge on any atom is 0.229 e. The van der Waals surface area contributed by atoms with E-state index in [1.807, 2.05) is 11.9 Å². The highest BCUT2D eigenvalue weighted by Gasteiger charge is 2.40. The molecule has 0 aromatic heterocycles. The number of hydrogen-bond acceptors (Lipinski definition) is 3. The molecule has 0 aromatic carbocycles. The first-order valence-corrected chi connectivity index (χ1v) is 8.22. The molecule has 2 fully saturated rings. The Balaban J connectivity index is 1.78. The third-order valence-corrected chi connectivity index (χ3v) is 4.62. The van der Waals surface area contributed by atoms with Gasteiger partial charge in [-0.3, -0.25) is 4.79 Å². The Kier molecular flexibility index (Phi) is 5.85. The first-order chi connectivity index (χ1) is 9.68. The third-order valence-electron chi connectivity index (χ3n) is 4.62. The molecule has 0 radical (unpaired) electrons. The number of piperidine rings is 1. The minimum absolute atomic E-state index is 0.168. The molecule has 2 aliphatic rings. The first kappa shape index (κ1) is 15.8.